The van der Waals surface area contributed by atoms with E-state index in [0.29, 0.717) is 15.6 Å². The Morgan fingerprint density at radius 3 is 2.44 bits per heavy atom. The normalized spacial score (nSPS) is 13.1. The second kappa shape index (κ2) is 9.22. The van der Waals surface area contributed by atoms with Crippen LogP contribution in [-0.4, -0.2) is 18.0 Å². The maximum atomic E-state index is 15.3. The molecule has 1 amide bonds. The fourth-order valence-electron chi connectivity index (χ4n) is 3.94. The third kappa shape index (κ3) is 4.32. The highest BCUT2D eigenvalue weighted by Crippen LogP contribution is 2.48. The molecule has 2 heterocycles. The van der Waals surface area contributed by atoms with E-state index in [1.54, 1.807) is 24.3 Å². The van der Waals surface area contributed by atoms with Gasteiger partial charge in [0.1, 0.15) is 5.69 Å². The molecule has 2 N–H and O–H groups in total. The first-order chi connectivity index (χ1) is 16.1. The van der Waals surface area contributed by atoms with E-state index in [1.165, 1.54) is 31.6 Å². The molecule has 4 aromatic rings. The van der Waals surface area contributed by atoms with E-state index in [2.05, 4.69) is 10.3 Å². The minimum atomic E-state index is -3.93. The third-order valence-electron chi connectivity index (χ3n) is 5.48. The number of H-pyrrole nitrogens is 1. The monoisotopic (exact) mass is 501 g/mol. The molecule has 7 nitrogen and oxygen atoms in total. The number of fused-ring (bicyclic) bond motifs is 1. The molecule has 0 bridgehead atoms. The van der Waals surface area contributed by atoms with Crippen LogP contribution < -0.4 is 20.7 Å². The second-order valence-corrected chi connectivity index (χ2v) is 10.8. The summed E-state index contributed by atoms with van der Waals surface area (Å²) in [4.78, 5) is 16.2. The fourth-order valence-corrected chi connectivity index (χ4v) is 6.46. The van der Waals surface area contributed by atoms with Crippen molar-refractivity contribution in [3.63, 3.8) is 0 Å². The van der Waals surface area contributed by atoms with Crippen molar-refractivity contribution < 1.29 is 23.0 Å². The summed E-state index contributed by atoms with van der Waals surface area (Å²) < 4.78 is 35.9. The standard InChI is InChI=1S/C24H22ClFN3O4P/c1-14-10-15(2)12-17(11-14)34(32,33-3)23-20-19(5-4-18(25)21(20)26)28-22(23)24(30)27-13-16-6-8-29(31)9-7-16/h4-12,28H,13H2,1-3H3,(H,27,30). The zero-order chi connectivity index (χ0) is 24.6. The molecule has 0 saturated carbocycles. The van der Waals surface area contributed by atoms with E-state index in [4.69, 9.17) is 16.1 Å². The van der Waals surface area contributed by atoms with Gasteiger partial charge in [0, 0.05) is 36.6 Å². The van der Waals surface area contributed by atoms with Crippen molar-refractivity contribution in [2.24, 2.45) is 0 Å². The Balaban J connectivity index is 1.89. The lowest BCUT2D eigenvalue weighted by atomic mass is 10.2. The summed E-state index contributed by atoms with van der Waals surface area (Å²) in [5, 5.41) is 14.0. The molecule has 4 rings (SSSR count). The molecule has 0 aliphatic heterocycles. The predicted molar refractivity (Wildman–Crippen MR) is 130 cm³/mol. The molecule has 0 aliphatic rings. The number of aryl methyl sites for hydroxylation is 2. The van der Waals surface area contributed by atoms with Gasteiger partial charge in [0.15, 0.2) is 18.2 Å². The molecule has 0 radical (unpaired) electrons. The van der Waals surface area contributed by atoms with Gasteiger partial charge in [-0.3, -0.25) is 9.36 Å². The molecule has 0 saturated heterocycles. The lowest BCUT2D eigenvalue weighted by molar-refractivity contribution is -0.605. The number of aromatic nitrogens is 2. The summed E-state index contributed by atoms with van der Waals surface area (Å²) in [6.07, 6.45) is 2.62. The minimum Gasteiger partial charge on any atom is -0.619 e. The van der Waals surface area contributed by atoms with E-state index in [1.807, 2.05) is 19.9 Å². The first kappa shape index (κ1) is 24.0. The van der Waals surface area contributed by atoms with Gasteiger partial charge >= 0.3 is 0 Å². The average molecular weight is 502 g/mol. The molecule has 0 spiro atoms. The highest BCUT2D eigenvalue weighted by Gasteiger charge is 2.37. The van der Waals surface area contributed by atoms with Gasteiger partial charge in [-0.05, 0) is 43.7 Å². The van der Waals surface area contributed by atoms with Crippen molar-refractivity contribution in [1.29, 1.82) is 0 Å². The molecule has 2 aromatic carbocycles. The molecule has 1 atom stereocenters. The highest BCUT2D eigenvalue weighted by atomic mass is 35.5. The van der Waals surface area contributed by atoms with Crippen LogP contribution in [0.15, 0.2) is 54.9 Å². The second-order valence-electron chi connectivity index (χ2n) is 7.96. The Kier molecular flexibility index (Phi) is 6.49. The van der Waals surface area contributed by atoms with Gasteiger partial charge in [0.2, 0.25) is 0 Å². The number of rotatable bonds is 6. The van der Waals surface area contributed by atoms with Gasteiger partial charge in [-0.1, -0.05) is 28.8 Å². The van der Waals surface area contributed by atoms with Crippen LogP contribution in [0.1, 0.15) is 27.2 Å². The maximum absolute atomic E-state index is 15.3. The number of hydrogen-bond donors (Lipinski definition) is 2. The molecule has 0 fully saturated rings. The van der Waals surface area contributed by atoms with Gasteiger partial charge in [0.25, 0.3) is 13.3 Å². The first-order valence-electron chi connectivity index (χ1n) is 10.3. The van der Waals surface area contributed by atoms with Gasteiger partial charge < -0.3 is 20.0 Å². The summed E-state index contributed by atoms with van der Waals surface area (Å²) in [5.74, 6) is -1.41. The summed E-state index contributed by atoms with van der Waals surface area (Å²) in [7, 11) is -2.67. The highest BCUT2D eigenvalue weighted by molar-refractivity contribution is 7.75. The van der Waals surface area contributed by atoms with E-state index in [0.717, 1.165) is 11.1 Å². The summed E-state index contributed by atoms with van der Waals surface area (Å²) in [6.45, 7) is 3.79. The average Bonchev–Trinajstić information content (AvgIpc) is 3.21. The van der Waals surface area contributed by atoms with Crippen molar-refractivity contribution in [2.45, 2.75) is 20.4 Å². The molecule has 10 heteroatoms. The topological polar surface area (TPSA) is 98.1 Å². The van der Waals surface area contributed by atoms with Crippen molar-refractivity contribution in [3.8, 4) is 0 Å². The van der Waals surface area contributed by atoms with Crippen LogP contribution >= 0.6 is 19.0 Å². The van der Waals surface area contributed by atoms with Crippen molar-refractivity contribution >= 4 is 46.4 Å². The Morgan fingerprint density at radius 1 is 1.18 bits per heavy atom. The van der Waals surface area contributed by atoms with Crippen LogP contribution in [0.3, 0.4) is 0 Å². The lowest BCUT2D eigenvalue weighted by Gasteiger charge is -2.19. The maximum Gasteiger partial charge on any atom is 0.268 e. The number of halogens is 2. The van der Waals surface area contributed by atoms with Crippen LogP contribution in [-0.2, 0) is 15.6 Å². The number of carbonyl (C=O) groups excluding carboxylic acids is 1. The van der Waals surface area contributed by atoms with E-state index < -0.39 is 19.1 Å². The number of pyridine rings is 1. The summed E-state index contributed by atoms with van der Waals surface area (Å²) in [6, 6.07) is 11.3. The smallest absolute Gasteiger partial charge is 0.268 e. The van der Waals surface area contributed by atoms with Crippen LogP contribution in [0.2, 0.25) is 5.02 Å². The third-order valence-corrected chi connectivity index (χ3v) is 8.26. The number of carbonyl (C=O) groups is 1. The van der Waals surface area contributed by atoms with Gasteiger partial charge in [-0.2, -0.15) is 4.73 Å². The summed E-state index contributed by atoms with van der Waals surface area (Å²) >= 11 is 6.04. The molecule has 176 valence electrons. The fraction of sp³-hybridized carbons (Fsp3) is 0.167. The first-order valence-corrected chi connectivity index (χ1v) is 12.3. The van der Waals surface area contributed by atoms with Crippen molar-refractivity contribution in [2.75, 3.05) is 7.11 Å². The van der Waals surface area contributed by atoms with E-state index in [-0.39, 0.29) is 33.5 Å². The Labute approximate surface area is 200 Å². The van der Waals surface area contributed by atoms with Gasteiger partial charge in [0.05, 0.1) is 15.7 Å². The molecule has 34 heavy (non-hydrogen) atoms. The van der Waals surface area contributed by atoms with Crippen molar-refractivity contribution in [3.05, 3.63) is 93.3 Å². The Morgan fingerprint density at radius 2 is 1.82 bits per heavy atom. The molecule has 0 aliphatic carbocycles. The van der Waals surface area contributed by atoms with E-state index >= 15 is 4.39 Å². The van der Waals surface area contributed by atoms with Crippen LogP contribution in [0.25, 0.3) is 10.9 Å². The van der Waals surface area contributed by atoms with Gasteiger partial charge in [-0.15, -0.1) is 0 Å². The quantitative estimate of drug-likeness (QED) is 0.237. The largest absolute Gasteiger partial charge is 0.619 e. The molecule has 1 unspecified atom stereocenters. The zero-order valence-electron chi connectivity index (χ0n) is 18.7. The number of hydrogen-bond acceptors (Lipinski definition) is 4. The zero-order valence-corrected chi connectivity index (χ0v) is 20.3. The van der Waals surface area contributed by atoms with Crippen LogP contribution in [0.5, 0.6) is 0 Å². The van der Waals surface area contributed by atoms with Gasteiger partial charge in [-0.25, -0.2) is 4.39 Å². The number of benzene rings is 2. The minimum absolute atomic E-state index is 0.0610. The van der Waals surface area contributed by atoms with E-state index in [9.17, 15) is 14.6 Å². The SMILES string of the molecule is COP(=O)(c1cc(C)cc(C)c1)c1c(C(=O)NCc2cc[n+]([O-])cc2)[nH]c2ccc(Cl)c(F)c12. The van der Waals surface area contributed by atoms with Crippen LogP contribution in [0, 0.1) is 24.9 Å². The van der Waals surface area contributed by atoms with Crippen molar-refractivity contribution in [1.82, 2.24) is 10.3 Å². The molecular formula is C24H22ClFN3O4P. The number of aromatic amines is 1. The molecular weight excluding hydrogens is 480 g/mol. The number of nitrogens with one attached hydrogen (secondary N) is 2. The Hall–Kier alpha value is -3.19. The van der Waals surface area contributed by atoms with Crippen LogP contribution in [0.4, 0.5) is 4.39 Å². The lowest BCUT2D eigenvalue weighted by Crippen LogP contribution is -2.31. The Bertz CT molecular complexity index is 1430. The predicted octanol–water partition coefficient (Wildman–Crippen LogP) is 4.02. The number of amides is 1. The molecule has 2 aromatic heterocycles. The summed E-state index contributed by atoms with van der Waals surface area (Å²) in [5.41, 5.74) is 2.54. The number of nitrogens with zero attached hydrogens (tertiary/aromatic N) is 1.